The number of hydrogen-bond acceptors (Lipinski definition) is 0. The molecule has 4 aliphatic rings. The molecule has 0 atom stereocenters. The molecule has 4 aromatic rings. The Kier molecular flexibility index (Phi) is 16.9. The smallest absolute Gasteiger partial charge is 1.00 e. The Balaban J connectivity index is 0.000000200. The van der Waals surface area contributed by atoms with Crippen molar-refractivity contribution < 1.29 is 62.7 Å². The Hall–Kier alpha value is -1.79. The van der Waals surface area contributed by atoms with Crippen molar-refractivity contribution in [1.82, 2.24) is 0 Å². The van der Waals surface area contributed by atoms with Gasteiger partial charge in [-0.25, -0.2) is 0 Å². The van der Waals surface area contributed by atoms with E-state index < -0.39 is 59.2 Å². The van der Waals surface area contributed by atoms with Gasteiger partial charge >= 0.3 is 336 Å². The van der Waals surface area contributed by atoms with E-state index in [1.807, 2.05) is 13.3 Å². The fourth-order valence-electron chi connectivity index (χ4n) is 8.35. The van der Waals surface area contributed by atoms with E-state index in [2.05, 4.69) is 193 Å². The maximum absolute atomic E-state index is 2.65. The summed E-state index contributed by atoms with van der Waals surface area (Å²) in [5.74, 6) is 10.6. The maximum atomic E-state index is 2.65. The van der Waals surface area contributed by atoms with E-state index in [1.165, 1.54) is 47.9 Å². The van der Waals surface area contributed by atoms with E-state index in [4.69, 9.17) is 0 Å². The second-order valence-electron chi connectivity index (χ2n) is 14.6. The first kappa shape index (κ1) is 43.3. The van der Waals surface area contributed by atoms with Crippen molar-refractivity contribution in [2.75, 3.05) is 0 Å². The Morgan fingerprint density at radius 1 is 0.333 bits per heavy atom. The van der Waals surface area contributed by atoms with Gasteiger partial charge in [0.05, 0.1) is 0 Å². The average Bonchev–Trinajstić information content (AvgIpc) is 4.02. The maximum Gasteiger partial charge on any atom is -1.00 e. The first-order valence-corrected chi connectivity index (χ1v) is 59.9. The average molecular weight is 1200 g/mol. The summed E-state index contributed by atoms with van der Waals surface area (Å²) in [6.45, 7) is 0. The molecule has 0 aliphatic heterocycles. The van der Waals surface area contributed by atoms with Crippen LogP contribution in [0, 0.1) is 0 Å². The van der Waals surface area contributed by atoms with Crippen LogP contribution in [0.15, 0.2) is 183 Å². The van der Waals surface area contributed by atoms with Crippen molar-refractivity contribution in [3.8, 4) is 0 Å². The van der Waals surface area contributed by atoms with Gasteiger partial charge in [0.25, 0.3) is 0 Å². The van der Waals surface area contributed by atoms with Gasteiger partial charge in [-0.2, -0.15) is 0 Å². The molecule has 0 spiro atoms. The van der Waals surface area contributed by atoms with Crippen LogP contribution in [-0.4, -0.2) is 21.3 Å². The normalized spacial score (nSPS) is 15.7. The molecule has 0 heterocycles. The van der Waals surface area contributed by atoms with Gasteiger partial charge in [-0.05, 0) is 0 Å². The SMILES string of the molecule is [CH3][GeH]([CH3])[Hf+]([C]1=C(c2ccccc2)C=CC1)[C]1=C(c2ccccc2)C=CC1.[CH3][GeH]([CH3])[Hf+]([C]1=C(c2ccccc2)C=CC1)[C]1=C(c2ccccc2)C=CC1.[Cl-].[Cl-]. The van der Waals surface area contributed by atoms with Crippen LogP contribution in [0.5, 0.6) is 0 Å². The van der Waals surface area contributed by atoms with Gasteiger partial charge in [-0.1, -0.05) is 0 Å². The number of halogens is 2. The fraction of sp³-hybridized carbons (Fsp3) is 0.167. The minimum Gasteiger partial charge on any atom is -1.00 e. The van der Waals surface area contributed by atoms with Gasteiger partial charge in [-0.3, -0.25) is 0 Å². The minimum absolute atomic E-state index is 0. The molecule has 4 aromatic carbocycles. The van der Waals surface area contributed by atoms with Gasteiger partial charge < -0.3 is 24.8 Å². The van der Waals surface area contributed by atoms with Crippen molar-refractivity contribution >= 4 is 43.6 Å². The second kappa shape index (κ2) is 21.1. The molecule has 4 aliphatic carbocycles. The van der Waals surface area contributed by atoms with Crippen LogP contribution in [0.3, 0.4) is 0 Å². The molecule has 6 heteroatoms. The van der Waals surface area contributed by atoms with Gasteiger partial charge in [0, 0.05) is 0 Å². The predicted octanol–water partition coefficient (Wildman–Crippen LogP) is 6.67. The van der Waals surface area contributed by atoms with Crippen LogP contribution in [-0.2, 0) is 37.9 Å². The number of rotatable bonds is 10. The van der Waals surface area contributed by atoms with Crippen molar-refractivity contribution in [3.63, 3.8) is 0 Å². The van der Waals surface area contributed by atoms with Gasteiger partial charge in [0.15, 0.2) is 0 Å². The molecule has 0 N–H and O–H groups in total. The summed E-state index contributed by atoms with van der Waals surface area (Å²) in [7, 11) is -2.44. The van der Waals surface area contributed by atoms with Crippen LogP contribution in [0.4, 0.5) is 0 Å². The van der Waals surface area contributed by atoms with Crippen molar-refractivity contribution in [1.29, 1.82) is 0 Å². The third-order valence-corrected chi connectivity index (χ3v) is 98.6. The number of hydrogen-bond donors (Lipinski definition) is 0. The summed E-state index contributed by atoms with van der Waals surface area (Å²) in [6.07, 6.45) is 24.1. The Morgan fingerprint density at radius 3 is 0.722 bits per heavy atom. The third kappa shape index (κ3) is 10.0. The molecule has 0 saturated carbocycles. The molecule has 0 fully saturated rings. The fourth-order valence-corrected chi connectivity index (χ4v) is 99.9. The molecule has 0 radical (unpaired) electrons. The number of allylic oxidation sites excluding steroid dienone is 16. The summed E-state index contributed by atoms with van der Waals surface area (Å²) in [4.78, 5) is 0. The molecule has 0 unspecified atom stereocenters. The summed E-state index contributed by atoms with van der Waals surface area (Å²) < 4.78 is 7.51. The van der Waals surface area contributed by atoms with E-state index in [9.17, 15) is 0 Å². The monoisotopic (exact) mass is 1200 g/mol. The molecular formula is C48H50Cl2Ge2Hf2. The second-order valence-corrected chi connectivity index (χ2v) is 102. The van der Waals surface area contributed by atoms with E-state index in [1.54, 1.807) is 22.3 Å². The van der Waals surface area contributed by atoms with Crippen LogP contribution >= 0.6 is 0 Å². The zero-order chi connectivity index (χ0) is 35.9. The Bertz CT molecular complexity index is 1820. The first-order valence-electron chi connectivity index (χ1n) is 19.1. The Morgan fingerprint density at radius 2 is 0.537 bits per heavy atom. The summed E-state index contributed by atoms with van der Waals surface area (Å²) >= 11 is -3.93. The van der Waals surface area contributed by atoms with Crippen LogP contribution in [0.25, 0.3) is 22.3 Å². The largest absolute Gasteiger partial charge is 1.00 e. The van der Waals surface area contributed by atoms with E-state index in [0.29, 0.717) is 0 Å². The predicted molar refractivity (Wildman–Crippen MR) is 226 cm³/mol. The minimum atomic E-state index is -1.97. The van der Waals surface area contributed by atoms with Gasteiger partial charge in [0.2, 0.25) is 0 Å². The summed E-state index contributed by atoms with van der Waals surface area (Å²) in [5.41, 5.74) is 12.0. The quantitative estimate of drug-likeness (QED) is 0.156. The van der Waals surface area contributed by atoms with Crippen LogP contribution in [0.2, 0.25) is 23.0 Å². The topological polar surface area (TPSA) is 0 Å². The number of benzene rings is 4. The van der Waals surface area contributed by atoms with Crippen LogP contribution < -0.4 is 24.8 Å². The van der Waals surface area contributed by atoms with E-state index in [0.717, 1.165) is 0 Å². The molecule has 272 valence electrons. The Labute approximate surface area is 356 Å². The first-order chi connectivity index (χ1) is 25.5. The molecule has 0 bridgehead atoms. The molecule has 0 aromatic heterocycles. The molecule has 8 rings (SSSR count). The molecular weight excluding hydrogens is 1150 g/mol. The zero-order valence-electron chi connectivity index (χ0n) is 31.9. The van der Waals surface area contributed by atoms with Gasteiger partial charge in [0.1, 0.15) is 0 Å². The third-order valence-electron chi connectivity index (χ3n) is 10.5. The van der Waals surface area contributed by atoms with Gasteiger partial charge in [-0.15, -0.1) is 0 Å². The van der Waals surface area contributed by atoms with Crippen molar-refractivity contribution in [2.24, 2.45) is 0 Å². The van der Waals surface area contributed by atoms with E-state index >= 15 is 0 Å². The van der Waals surface area contributed by atoms with Crippen molar-refractivity contribution in [3.05, 3.63) is 206 Å². The molecule has 0 amide bonds. The molecule has 0 saturated heterocycles. The van der Waals surface area contributed by atoms with E-state index in [-0.39, 0.29) is 24.8 Å². The summed E-state index contributed by atoms with van der Waals surface area (Å²) in [6, 6.07) is 44.3. The standard InChI is InChI=1S/4C11H9.2C2H7Ge.2ClH.2Hf/c4*1-2-6-10(7-3-1)11-8-4-5-9-11;2*1-3-2;;;;/h4*1-4,6-8H,5H2;2*3H,1-2H3;2*1H;;/q;;;;;;;;2*+1/p-2. The van der Waals surface area contributed by atoms with Crippen molar-refractivity contribution in [2.45, 2.75) is 48.7 Å². The summed E-state index contributed by atoms with van der Waals surface area (Å²) in [5, 5.41) is 0. The zero-order valence-corrected chi connectivity index (χ0v) is 45.4. The van der Waals surface area contributed by atoms with Crippen LogP contribution in [0.1, 0.15) is 47.9 Å². The molecule has 0 nitrogen and oxygen atoms in total. The molecule has 54 heavy (non-hydrogen) atoms.